The van der Waals surface area contributed by atoms with Crippen LogP contribution in [0.2, 0.25) is 0 Å². The Morgan fingerprint density at radius 3 is 2.73 bits per heavy atom. The molecule has 0 radical (unpaired) electrons. The average Bonchev–Trinajstić information content (AvgIpc) is 2.97. The van der Waals surface area contributed by atoms with Crippen LogP contribution in [0.3, 0.4) is 0 Å². The Kier molecular flexibility index (Phi) is 6.34. The van der Waals surface area contributed by atoms with Crippen LogP contribution >= 0.6 is 0 Å². The number of hydrogen-bond donors (Lipinski definition) is 1. The fourth-order valence-corrected chi connectivity index (χ4v) is 3.87. The zero-order valence-corrected chi connectivity index (χ0v) is 15.9. The smallest absolute Gasteiger partial charge is 0.257 e. The summed E-state index contributed by atoms with van der Waals surface area (Å²) in [6.45, 7) is 5.86. The van der Waals surface area contributed by atoms with Gasteiger partial charge in [0.25, 0.3) is 5.91 Å². The molecule has 146 valence electrons. The van der Waals surface area contributed by atoms with Crippen molar-refractivity contribution in [1.29, 1.82) is 0 Å². The molecule has 1 N–H and O–H groups in total. The van der Waals surface area contributed by atoms with Crippen molar-refractivity contribution in [2.75, 3.05) is 60.0 Å². The first-order valence-electron chi connectivity index (χ1n) is 9.49. The third-order valence-corrected chi connectivity index (χ3v) is 5.20. The second kappa shape index (κ2) is 8.52. The molecule has 2 saturated heterocycles. The van der Waals surface area contributed by atoms with Crippen molar-refractivity contribution in [3.8, 4) is 0 Å². The van der Waals surface area contributed by atoms with Crippen molar-refractivity contribution in [3.63, 3.8) is 0 Å². The number of morpholine rings is 1. The van der Waals surface area contributed by atoms with Gasteiger partial charge in [0.05, 0.1) is 30.9 Å². The number of carbonyl (C=O) groups is 1. The first-order chi connectivity index (χ1) is 12.5. The molecule has 0 aliphatic carbocycles. The second-order valence-corrected chi connectivity index (χ2v) is 7.80. The topological polar surface area (TPSA) is 69.4 Å². The molecule has 1 unspecified atom stereocenters. The fourth-order valence-electron chi connectivity index (χ4n) is 3.87. The molecular weight excluding hydrogens is 334 g/mol. The highest BCUT2D eigenvalue weighted by atomic mass is 16.5. The summed E-state index contributed by atoms with van der Waals surface area (Å²) in [5.74, 6) is 0.810. The van der Waals surface area contributed by atoms with E-state index in [4.69, 9.17) is 9.15 Å². The van der Waals surface area contributed by atoms with Crippen LogP contribution in [0.1, 0.15) is 35.4 Å². The van der Waals surface area contributed by atoms with Gasteiger partial charge in [-0.1, -0.05) is 0 Å². The SMILES string of the molecule is CN(C)CC1(O)CCCN(C(=O)c2coc(CN3CCOCC3)c2)CC1. The Labute approximate surface area is 155 Å². The Balaban J connectivity index is 1.57. The van der Waals surface area contributed by atoms with Gasteiger partial charge in [0.15, 0.2) is 0 Å². The van der Waals surface area contributed by atoms with E-state index < -0.39 is 5.60 Å². The Morgan fingerprint density at radius 1 is 1.23 bits per heavy atom. The van der Waals surface area contributed by atoms with Gasteiger partial charge >= 0.3 is 0 Å². The lowest BCUT2D eigenvalue weighted by Gasteiger charge is -2.29. The average molecular weight is 365 g/mol. The van der Waals surface area contributed by atoms with E-state index in [9.17, 15) is 9.90 Å². The third-order valence-electron chi connectivity index (χ3n) is 5.20. The third kappa shape index (κ3) is 5.07. The highest BCUT2D eigenvalue weighted by Gasteiger charge is 2.32. The molecule has 7 nitrogen and oxygen atoms in total. The Morgan fingerprint density at radius 2 is 2.00 bits per heavy atom. The summed E-state index contributed by atoms with van der Waals surface area (Å²) in [4.78, 5) is 18.9. The lowest BCUT2D eigenvalue weighted by atomic mass is 9.94. The van der Waals surface area contributed by atoms with Crippen molar-refractivity contribution >= 4 is 5.91 Å². The fraction of sp³-hybridized carbons (Fsp3) is 0.737. The van der Waals surface area contributed by atoms with Crippen LogP contribution in [0.5, 0.6) is 0 Å². The summed E-state index contributed by atoms with van der Waals surface area (Å²) in [5.41, 5.74) is -0.109. The van der Waals surface area contributed by atoms with Gasteiger partial charge in [-0.05, 0) is 39.4 Å². The largest absolute Gasteiger partial charge is 0.467 e. The summed E-state index contributed by atoms with van der Waals surface area (Å²) in [6, 6.07) is 1.86. The van der Waals surface area contributed by atoms with Crippen LogP contribution in [0.15, 0.2) is 16.7 Å². The van der Waals surface area contributed by atoms with E-state index in [1.807, 2.05) is 30.0 Å². The molecule has 3 heterocycles. The van der Waals surface area contributed by atoms with E-state index >= 15 is 0 Å². The maximum atomic E-state index is 12.8. The summed E-state index contributed by atoms with van der Waals surface area (Å²) in [7, 11) is 3.93. The van der Waals surface area contributed by atoms with E-state index in [-0.39, 0.29) is 5.91 Å². The molecule has 1 aromatic heterocycles. The molecule has 1 amide bonds. The molecule has 0 aromatic carbocycles. The quantitative estimate of drug-likeness (QED) is 0.841. The van der Waals surface area contributed by atoms with Gasteiger partial charge in [-0.15, -0.1) is 0 Å². The van der Waals surface area contributed by atoms with Crippen molar-refractivity contribution in [3.05, 3.63) is 23.7 Å². The molecular formula is C19H31N3O4. The predicted octanol–water partition coefficient (Wildman–Crippen LogP) is 1.03. The molecule has 1 aromatic rings. The first-order valence-corrected chi connectivity index (χ1v) is 9.49. The van der Waals surface area contributed by atoms with Gasteiger partial charge in [0, 0.05) is 32.7 Å². The van der Waals surface area contributed by atoms with Crippen LogP contribution in [0.25, 0.3) is 0 Å². The summed E-state index contributed by atoms with van der Waals surface area (Å²) in [6.07, 6.45) is 3.71. The minimum Gasteiger partial charge on any atom is -0.467 e. The van der Waals surface area contributed by atoms with Crippen LogP contribution in [-0.2, 0) is 11.3 Å². The maximum absolute atomic E-state index is 12.8. The molecule has 0 spiro atoms. The zero-order chi connectivity index (χ0) is 18.6. The lowest BCUT2D eigenvalue weighted by Crippen LogP contribution is -2.41. The van der Waals surface area contributed by atoms with Crippen molar-refractivity contribution < 1.29 is 19.1 Å². The summed E-state index contributed by atoms with van der Waals surface area (Å²) >= 11 is 0. The van der Waals surface area contributed by atoms with Gasteiger partial charge in [-0.25, -0.2) is 0 Å². The van der Waals surface area contributed by atoms with Gasteiger partial charge < -0.3 is 24.1 Å². The standard InChI is InChI=1S/C19H31N3O4/c1-20(2)15-19(24)4-3-6-22(7-5-19)18(23)16-12-17(26-14-16)13-21-8-10-25-11-9-21/h12,14,24H,3-11,13,15H2,1-2H3. The number of hydrogen-bond acceptors (Lipinski definition) is 6. The molecule has 7 heteroatoms. The van der Waals surface area contributed by atoms with Gasteiger partial charge in [0.1, 0.15) is 12.0 Å². The highest BCUT2D eigenvalue weighted by Crippen LogP contribution is 2.24. The number of furan rings is 1. The van der Waals surface area contributed by atoms with E-state index in [1.165, 1.54) is 0 Å². The number of amides is 1. The van der Waals surface area contributed by atoms with Crippen molar-refractivity contribution in [2.45, 2.75) is 31.4 Å². The second-order valence-electron chi connectivity index (χ2n) is 7.80. The molecule has 2 fully saturated rings. The normalized spacial score (nSPS) is 25.5. The number of carbonyl (C=O) groups excluding carboxylic acids is 1. The maximum Gasteiger partial charge on any atom is 0.257 e. The first kappa shape index (κ1) is 19.4. The number of nitrogens with zero attached hydrogens (tertiary/aromatic N) is 3. The van der Waals surface area contributed by atoms with Crippen LogP contribution in [-0.4, -0.2) is 91.3 Å². The van der Waals surface area contributed by atoms with E-state index in [2.05, 4.69) is 4.90 Å². The number of likely N-dealkylation sites (tertiary alicyclic amines) is 1. The predicted molar refractivity (Wildman–Crippen MR) is 98.1 cm³/mol. The van der Waals surface area contributed by atoms with Crippen LogP contribution < -0.4 is 0 Å². The van der Waals surface area contributed by atoms with Gasteiger partial charge in [-0.2, -0.15) is 0 Å². The number of aliphatic hydroxyl groups is 1. The minimum atomic E-state index is -0.712. The molecule has 2 aliphatic heterocycles. The highest BCUT2D eigenvalue weighted by molar-refractivity contribution is 5.94. The number of ether oxygens (including phenoxy) is 1. The number of likely N-dealkylation sites (N-methyl/N-ethyl adjacent to an activating group) is 1. The van der Waals surface area contributed by atoms with E-state index in [0.29, 0.717) is 38.2 Å². The zero-order valence-electron chi connectivity index (χ0n) is 15.9. The van der Waals surface area contributed by atoms with E-state index in [1.54, 1.807) is 6.26 Å². The number of rotatable bonds is 5. The Hall–Kier alpha value is -1.41. The van der Waals surface area contributed by atoms with Gasteiger partial charge in [0.2, 0.25) is 0 Å². The van der Waals surface area contributed by atoms with Crippen LogP contribution in [0.4, 0.5) is 0 Å². The van der Waals surface area contributed by atoms with Crippen molar-refractivity contribution in [2.24, 2.45) is 0 Å². The molecule has 26 heavy (non-hydrogen) atoms. The molecule has 1 atom stereocenters. The Bertz CT molecular complexity index is 597. The molecule has 3 rings (SSSR count). The monoisotopic (exact) mass is 365 g/mol. The summed E-state index contributed by atoms with van der Waals surface area (Å²) in [5, 5.41) is 10.8. The van der Waals surface area contributed by atoms with E-state index in [0.717, 1.165) is 44.9 Å². The minimum absolute atomic E-state index is 0.00363. The lowest BCUT2D eigenvalue weighted by molar-refractivity contribution is 0.00305. The molecule has 0 bridgehead atoms. The molecule has 2 aliphatic rings. The molecule has 0 saturated carbocycles. The summed E-state index contributed by atoms with van der Waals surface area (Å²) < 4.78 is 11.0. The van der Waals surface area contributed by atoms with Crippen molar-refractivity contribution in [1.82, 2.24) is 14.7 Å². The van der Waals surface area contributed by atoms with Crippen LogP contribution in [0, 0.1) is 0 Å². The van der Waals surface area contributed by atoms with Gasteiger partial charge in [-0.3, -0.25) is 9.69 Å².